The van der Waals surface area contributed by atoms with Crippen LogP contribution in [-0.2, 0) is 13.2 Å². The highest BCUT2D eigenvalue weighted by atomic mass is 19.4. The first-order chi connectivity index (χ1) is 16.1. The van der Waals surface area contributed by atoms with Crippen LogP contribution in [0.15, 0.2) is 61.1 Å². The smallest absolute Gasteiger partial charge is 0.344 e. The van der Waals surface area contributed by atoms with Gasteiger partial charge in [-0.1, -0.05) is 12.1 Å². The molecule has 1 N–H and O–H groups in total. The molecule has 4 aromatic rings. The zero-order chi connectivity index (χ0) is 24.5. The average Bonchev–Trinajstić information content (AvgIpc) is 3.24. The van der Waals surface area contributed by atoms with E-state index < -0.39 is 29.6 Å². The number of amides is 1. The van der Waals surface area contributed by atoms with Crippen LogP contribution in [0.4, 0.5) is 17.6 Å². The number of carbonyl (C=O) groups excluding carboxylic acids is 1. The average molecular weight is 470 g/mol. The number of hydrogen-bond donors (Lipinski definition) is 1. The summed E-state index contributed by atoms with van der Waals surface area (Å²) < 4.78 is 53.8. The molecule has 1 atom stereocenters. The molecule has 0 saturated carbocycles. The number of rotatable bonds is 5. The lowest BCUT2D eigenvalue weighted by Crippen LogP contribution is -2.28. The minimum absolute atomic E-state index is 0.00914. The fourth-order valence-corrected chi connectivity index (χ4v) is 3.25. The van der Waals surface area contributed by atoms with Gasteiger partial charge in [-0.05, 0) is 42.8 Å². The maximum Gasteiger partial charge on any atom is 0.416 e. The normalized spacial score (nSPS) is 12.4. The van der Waals surface area contributed by atoms with Crippen molar-refractivity contribution in [3.05, 3.63) is 83.8 Å². The van der Waals surface area contributed by atoms with Crippen molar-refractivity contribution in [2.24, 2.45) is 7.05 Å². The number of hydrogen-bond acceptors (Lipinski definition) is 5. The predicted molar refractivity (Wildman–Crippen MR) is 115 cm³/mol. The van der Waals surface area contributed by atoms with Gasteiger partial charge in [-0.25, -0.2) is 15.0 Å². The summed E-state index contributed by atoms with van der Waals surface area (Å²) in [5, 5.41) is 6.81. The Kier molecular flexibility index (Phi) is 6.10. The first-order valence-corrected chi connectivity index (χ1v) is 10.1. The third kappa shape index (κ3) is 5.08. The maximum absolute atomic E-state index is 13.5. The van der Waals surface area contributed by atoms with E-state index in [1.807, 2.05) is 0 Å². The number of nitrogens with zero attached hydrogens (tertiary/aromatic N) is 5. The van der Waals surface area contributed by atoms with Crippen molar-refractivity contribution in [1.82, 2.24) is 30.0 Å². The van der Waals surface area contributed by atoms with E-state index in [1.54, 1.807) is 26.2 Å². The zero-order valence-electron chi connectivity index (χ0n) is 18.0. The molecule has 3 heterocycles. The monoisotopic (exact) mass is 470 g/mol. The summed E-state index contributed by atoms with van der Waals surface area (Å²) in [6.45, 7) is 1.67. The van der Waals surface area contributed by atoms with Gasteiger partial charge < -0.3 is 5.32 Å². The van der Waals surface area contributed by atoms with Crippen molar-refractivity contribution < 1.29 is 22.4 Å². The van der Waals surface area contributed by atoms with E-state index in [4.69, 9.17) is 0 Å². The largest absolute Gasteiger partial charge is 0.416 e. The molecule has 0 fully saturated rings. The number of pyridine rings is 1. The van der Waals surface area contributed by atoms with E-state index in [0.717, 1.165) is 12.1 Å². The Balaban J connectivity index is 1.71. The third-order valence-electron chi connectivity index (χ3n) is 5.03. The molecule has 0 saturated heterocycles. The molecule has 4 rings (SSSR count). The van der Waals surface area contributed by atoms with Gasteiger partial charge >= 0.3 is 6.18 Å². The van der Waals surface area contributed by atoms with Gasteiger partial charge in [0.25, 0.3) is 5.91 Å². The Morgan fingerprint density at radius 1 is 1.06 bits per heavy atom. The Morgan fingerprint density at radius 3 is 2.41 bits per heavy atom. The fraction of sp³-hybridized carbons (Fsp3) is 0.174. The Bertz CT molecular complexity index is 1330. The first kappa shape index (κ1) is 23.0. The molecular formula is C23H18F4N6O. The van der Waals surface area contributed by atoms with E-state index in [1.165, 1.54) is 41.3 Å². The standard InChI is InChI=1S/C23H18F4N6O/c1-13(15-7-8-28-20(24)9-15)30-22(34)19-10-18(14-3-5-17(6-4-14)23(25,26)27)31-21(32-19)16-11-29-33(2)12-16/h3-13H,1-2H3,(H,30,34)/t13-/m0/s1. The van der Waals surface area contributed by atoms with E-state index in [0.29, 0.717) is 16.7 Å². The van der Waals surface area contributed by atoms with E-state index in [-0.39, 0.29) is 17.2 Å². The van der Waals surface area contributed by atoms with Gasteiger partial charge in [0, 0.05) is 25.0 Å². The van der Waals surface area contributed by atoms with E-state index in [2.05, 4.69) is 25.4 Å². The lowest BCUT2D eigenvalue weighted by atomic mass is 10.1. The molecule has 34 heavy (non-hydrogen) atoms. The molecule has 174 valence electrons. The minimum Gasteiger partial charge on any atom is -0.344 e. The summed E-state index contributed by atoms with van der Waals surface area (Å²) in [5.74, 6) is -1.06. The van der Waals surface area contributed by atoms with Crippen LogP contribution in [-0.4, -0.2) is 30.6 Å². The molecule has 0 aliphatic heterocycles. The summed E-state index contributed by atoms with van der Waals surface area (Å²) in [6, 6.07) is 8.06. The van der Waals surface area contributed by atoms with E-state index in [9.17, 15) is 22.4 Å². The second kappa shape index (κ2) is 9.00. The summed E-state index contributed by atoms with van der Waals surface area (Å²) in [4.78, 5) is 25.2. The maximum atomic E-state index is 13.5. The minimum atomic E-state index is -4.47. The summed E-state index contributed by atoms with van der Waals surface area (Å²) >= 11 is 0. The second-order valence-electron chi connectivity index (χ2n) is 7.55. The predicted octanol–water partition coefficient (Wildman–Crippen LogP) is 4.59. The highest BCUT2D eigenvalue weighted by Gasteiger charge is 2.30. The molecular weight excluding hydrogens is 452 g/mol. The molecule has 0 aliphatic carbocycles. The van der Waals surface area contributed by atoms with Crippen molar-refractivity contribution >= 4 is 5.91 Å². The number of halogens is 4. The third-order valence-corrected chi connectivity index (χ3v) is 5.03. The van der Waals surface area contributed by atoms with Crippen molar-refractivity contribution in [2.75, 3.05) is 0 Å². The lowest BCUT2D eigenvalue weighted by molar-refractivity contribution is -0.137. The van der Waals surface area contributed by atoms with Crippen LogP contribution in [0.3, 0.4) is 0 Å². The first-order valence-electron chi connectivity index (χ1n) is 10.1. The SMILES string of the molecule is C[C@H](NC(=O)c1cc(-c2ccc(C(F)(F)F)cc2)nc(-c2cnn(C)c2)n1)c1ccnc(F)c1. The van der Waals surface area contributed by atoms with Crippen LogP contribution in [0, 0.1) is 5.95 Å². The summed E-state index contributed by atoms with van der Waals surface area (Å²) in [7, 11) is 1.70. The molecule has 1 aromatic carbocycles. The fourth-order valence-electron chi connectivity index (χ4n) is 3.25. The van der Waals surface area contributed by atoms with Crippen LogP contribution in [0.1, 0.15) is 34.6 Å². The molecule has 0 aliphatic rings. The van der Waals surface area contributed by atoms with Gasteiger partial charge in [0.05, 0.1) is 29.1 Å². The van der Waals surface area contributed by atoms with Crippen molar-refractivity contribution in [3.8, 4) is 22.6 Å². The number of aryl methyl sites for hydroxylation is 1. The van der Waals surface area contributed by atoms with Crippen molar-refractivity contribution in [1.29, 1.82) is 0 Å². The molecule has 0 unspecified atom stereocenters. The number of alkyl halides is 3. The Hall–Kier alpha value is -4.15. The molecule has 11 heteroatoms. The van der Waals surface area contributed by atoms with Gasteiger partial charge in [-0.3, -0.25) is 9.48 Å². The van der Waals surface area contributed by atoms with Crippen molar-refractivity contribution in [3.63, 3.8) is 0 Å². The number of benzene rings is 1. The molecule has 0 radical (unpaired) electrons. The number of aromatic nitrogens is 5. The summed E-state index contributed by atoms with van der Waals surface area (Å²) in [6.07, 6.45) is -0.0221. The summed E-state index contributed by atoms with van der Waals surface area (Å²) in [5.41, 5.74) is 0.855. The number of carbonyl (C=O) groups is 1. The van der Waals surface area contributed by atoms with Gasteiger partial charge in [0.15, 0.2) is 5.82 Å². The van der Waals surface area contributed by atoms with Gasteiger partial charge in [0.1, 0.15) is 5.69 Å². The molecule has 0 bridgehead atoms. The van der Waals surface area contributed by atoms with Crippen molar-refractivity contribution in [2.45, 2.75) is 19.1 Å². The Morgan fingerprint density at radius 2 is 1.79 bits per heavy atom. The van der Waals surface area contributed by atoms with Crippen LogP contribution in [0.25, 0.3) is 22.6 Å². The Labute approximate surface area is 191 Å². The molecule has 7 nitrogen and oxygen atoms in total. The van der Waals surface area contributed by atoms with E-state index >= 15 is 0 Å². The quantitative estimate of drug-likeness (QED) is 0.341. The highest BCUT2D eigenvalue weighted by Crippen LogP contribution is 2.31. The van der Waals surface area contributed by atoms with Gasteiger partial charge in [0.2, 0.25) is 5.95 Å². The highest BCUT2D eigenvalue weighted by molar-refractivity contribution is 5.94. The molecule has 1 amide bonds. The van der Waals surface area contributed by atoms with Crippen LogP contribution >= 0.6 is 0 Å². The lowest BCUT2D eigenvalue weighted by Gasteiger charge is -2.15. The van der Waals surface area contributed by atoms with Crippen LogP contribution in [0.5, 0.6) is 0 Å². The van der Waals surface area contributed by atoms with Crippen LogP contribution in [0.2, 0.25) is 0 Å². The zero-order valence-corrected chi connectivity index (χ0v) is 18.0. The molecule has 3 aromatic heterocycles. The van der Waals surface area contributed by atoms with Crippen LogP contribution < -0.4 is 5.32 Å². The molecule has 0 spiro atoms. The topological polar surface area (TPSA) is 85.6 Å². The van der Waals surface area contributed by atoms with Gasteiger partial charge in [-0.15, -0.1) is 0 Å². The van der Waals surface area contributed by atoms with Gasteiger partial charge in [-0.2, -0.15) is 22.7 Å². The number of nitrogens with one attached hydrogen (secondary N) is 1. The second-order valence-corrected chi connectivity index (χ2v) is 7.55.